The first kappa shape index (κ1) is 26.7. The smallest absolute Gasteiger partial charge is 0.260 e. The molecule has 1 amide bonds. The van der Waals surface area contributed by atoms with Crippen LogP contribution in [0.25, 0.3) is 0 Å². The van der Waals surface area contributed by atoms with Gasteiger partial charge in [0.2, 0.25) is 0 Å². The van der Waals surface area contributed by atoms with Crippen molar-refractivity contribution in [3.63, 3.8) is 0 Å². The molecule has 4 N–H and O–H groups in total. The van der Waals surface area contributed by atoms with E-state index in [9.17, 15) is 20.1 Å². The van der Waals surface area contributed by atoms with E-state index in [1.54, 1.807) is 12.1 Å². The van der Waals surface area contributed by atoms with E-state index >= 15 is 0 Å². The number of hydrogen-bond donors (Lipinski definition) is 4. The third-order valence-corrected chi connectivity index (χ3v) is 7.07. The summed E-state index contributed by atoms with van der Waals surface area (Å²) >= 11 is 1.85. The van der Waals surface area contributed by atoms with Gasteiger partial charge in [-0.15, -0.1) is 0 Å². The first-order chi connectivity index (χ1) is 16.6. The lowest BCUT2D eigenvalue weighted by molar-refractivity contribution is 0.0991. The van der Waals surface area contributed by atoms with Crippen LogP contribution in [-0.4, -0.2) is 27.8 Å². The second-order valence-corrected chi connectivity index (χ2v) is 10.2. The van der Waals surface area contributed by atoms with Crippen LogP contribution >= 0.6 is 22.6 Å². The third kappa shape index (κ3) is 6.39. The van der Waals surface area contributed by atoms with Gasteiger partial charge in [-0.1, -0.05) is 41.0 Å². The number of para-hydroxylation sites is 1. The number of nitrogens with zero attached hydrogens (tertiary/aromatic N) is 1. The van der Waals surface area contributed by atoms with Crippen molar-refractivity contribution in [2.24, 2.45) is 0 Å². The first-order valence-corrected chi connectivity index (χ1v) is 12.8. The van der Waals surface area contributed by atoms with Crippen LogP contribution in [0.1, 0.15) is 63.7 Å². The van der Waals surface area contributed by atoms with Crippen LogP contribution in [0.3, 0.4) is 0 Å². The number of carbonyl (C=O) groups excluding carboxylic acids is 1. The van der Waals surface area contributed by atoms with Gasteiger partial charge in [0.1, 0.15) is 17.2 Å². The molecule has 0 atom stereocenters. The largest absolute Gasteiger partial charge is 0.507 e. The summed E-state index contributed by atoms with van der Waals surface area (Å²) in [6.07, 6.45) is 10.4. The van der Waals surface area contributed by atoms with Crippen LogP contribution in [0.2, 0.25) is 0 Å². The molecule has 0 bridgehead atoms. The van der Waals surface area contributed by atoms with Crippen LogP contribution in [0.5, 0.6) is 17.2 Å². The molecule has 2 aromatic carbocycles. The summed E-state index contributed by atoms with van der Waals surface area (Å²) in [7, 11) is 0. The molecule has 0 saturated carbocycles. The average molecular weight is 588 g/mol. The Hall–Kier alpha value is -2.94. The zero-order valence-electron chi connectivity index (χ0n) is 20.7. The van der Waals surface area contributed by atoms with Gasteiger partial charge in [0.15, 0.2) is 5.75 Å². The number of fused-ring (bicyclic) bond motifs is 2. The fourth-order valence-corrected chi connectivity index (χ4v) is 4.38. The molecule has 35 heavy (non-hydrogen) atoms. The molecule has 0 fully saturated rings. The van der Waals surface area contributed by atoms with Crippen molar-refractivity contribution in [1.29, 1.82) is 0 Å². The topological polar surface area (TPSA) is 93.0 Å². The van der Waals surface area contributed by atoms with Gasteiger partial charge in [-0.2, -0.15) is 0 Å². The minimum absolute atomic E-state index is 0.0930. The summed E-state index contributed by atoms with van der Waals surface area (Å²) < 4.78 is 0.263. The SMILES string of the molecule is CC(C)=CCC/C(C)=C/CC/C(C)=C/CN1C(=O)c2cccc(O)c2Nc2c1cc(O)c(I)c2O. The van der Waals surface area contributed by atoms with E-state index in [4.69, 9.17) is 0 Å². The van der Waals surface area contributed by atoms with Crippen molar-refractivity contribution in [2.45, 2.75) is 53.4 Å². The third-order valence-electron chi connectivity index (χ3n) is 6.00. The summed E-state index contributed by atoms with van der Waals surface area (Å²) in [6.45, 7) is 8.68. The zero-order chi connectivity index (χ0) is 25.7. The normalized spacial score (nSPS) is 13.6. The van der Waals surface area contributed by atoms with E-state index < -0.39 is 0 Å². The molecule has 1 aliphatic rings. The summed E-state index contributed by atoms with van der Waals surface area (Å²) in [5.74, 6) is -0.721. The number of rotatable bonds is 8. The van der Waals surface area contributed by atoms with Gasteiger partial charge in [-0.3, -0.25) is 4.79 Å². The molecule has 2 aromatic rings. The number of nitrogens with one attached hydrogen (secondary N) is 1. The van der Waals surface area contributed by atoms with E-state index in [1.165, 1.54) is 28.2 Å². The Bertz CT molecular complexity index is 1210. The second-order valence-electron chi connectivity index (χ2n) is 9.15. The minimum Gasteiger partial charge on any atom is -0.507 e. The Morgan fingerprint density at radius 2 is 1.60 bits per heavy atom. The lowest BCUT2D eigenvalue weighted by atomic mass is 10.1. The van der Waals surface area contributed by atoms with Crippen molar-refractivity contribution in [2.75, 3.05) is 16.8 Å². The predicted molar refractivity (Wildman–Crippen MR) is 151 cm³/mol. The molecular weight excluding hydrogens is 555 g/mol. The summed E-state index contributed by atoms with van der Waals surface area (Å²) in [6, 6.07) is 6.18. The number of amides is 1. The van der Waals surface area contributed by atoms with Gasteiger partial charge >= 0.3 is 0 Å². The van der Waals surface area contributed by atoms with Gasteiger partial charge in [-0.05, 0) is 88.1 Å². The lowest BCUT2D eigenvalue weighted by Crippen LogP contribution is -2.30. The van der Waals surface area contributed by atoms with E-state index in [1.807, 2.05) is 35.6 Å². The molecule has 0 spiro atoms. The highest BCUT2D eigenvalue weighted by Crippen LogP contribution is 2.48. The summed E-state index contributed by atoms with van der Waals surface area (Å²) in [5, 5.41) is 34.5. The molecular formula is C28H33IN2O4. The van der Waals surface area contributed by atoms with Crippen LogP contribution in [0.4, 0.5) is 17.1 Å². The zero-order valence-corrected chi connectivity index (χ0v) is 22.8. The van der Waals surface area contributed by atoms with Gasteiger partial charge in [0.25, 0.3) is 5.91 Å². The number of allylic oxidation sites excluding steroid dienone is 5. The Morgan fingerprint density at radius 3 is 2.29 bits per heavy atom. The molecule has 1 heterocycles. The van der Waals surface area contributed by atoms with Crippen molar-refractivity contribution in [3.8, 4) is 17.2 Å². The molecule has 0 aliphatic carbocycles. The monoisotopic (exact) mass is 588 g/mol. The summed E-state index contributed by atoms with van der Waals surface area (Å²) in [4.78, 5) is 15.0. The van der Waals surface area contributed by atoms with Crippen molar-refractivity contribution in [3.05, 3.63) is 68.3 Å². The molecule has 7 heteroatoms. The van der Waals surface area contributed by atoms with Crippen LogP contribution in [0.15, 0.2) is 59.2 Å². The Morgan fingerprint density at radius 1 is 0.943 bits per heavy atom. The van der Waals surface area contributed by atoms with Crippen LogP contribution < -0.4 is 10.2 Å². The number of halogens is 1. The average Bonchev–Trinajstić information content (AvgIpc) is 2.91. The molecule has 6 nitrogen and oxygen atoms in total. The predicted octanol–water partition coefficient (Wildman–Crippen LogP) is 7.53. The Kier molecular flexibility index (Phi) is 8.88. The standard InChI is InChI=1S/C28H33IN2O4/c1-17(2)8-5-9-18(3)10-6-11-19(4)14-15-31-21-16-23(33)24(29)27(34)26(21)30-25-20(28(31)35)12-7-13-22(25)32/h7-8,10,12-14,16,30,32-34H,5-6,9,11,15H2,1-4H3/b18-10+,19-14+. The molecule has 0 radical (unpaired) electrons. The van der Waals surface area contributed by atoms with E-state index in [0.717, 1.165) is 31.3 Å². The van der Waals surface area contributed by atoms with Crippen molar-refractivity contribution >= 4 is 45.6 Å². The first-order valence-electron chi connectivity index (χ1n) is 11.7. The molecule has 186 valence electrons. The number of carbonyl (C=O) groups is 1. The molecule has 0 saturated heterocycles. The molecule has 0 unspecified atom stereocenters. The van der Waals surface area contributed by atoms with E-state index in [0.29, 0.717) is 5.69 Å². The van der Waals surface area contributed by atoms with Gasteiger partial charge in [-0.25, -0.2) is 0 Å². The number of anilines is 3. The molecule has 1 aliphatic heterocycles. The highest BCUT2D eigenvalue weighted by molar-refractivity contribution is 14.1. The second kappa shape index (κ2) is 11.7. The van der Waals surface area contributed by atoms with Crippen molar-refractivity contribution < 1.29 is 20.1 Å². The maximum Gasteiger partial charge on any atom is 0.260 e. The number of phenolic OH excluding ortho intramolecular Hbond substituents is 3. The quantitative estimate of drug-likeness (QED) is 0.111. The Labute approximate surface area is 220 Å². The number of aromatic hydroxyl groups is 3. The molecule has 0 aromatic heterocycles. The van der Waals surface area contributed by atoms with Gasteiger partial charge in [0, 0.05) is 12.6 Å². The number of benzene rings is 2. The fourth-order valence-electron chi connectivity index (χ4n) is 3.95. The number of phenols is 3. The molecule has 3 rings (SSSR count). The van der Waals surface area contributed by atoms with Crippen LogP contribution in [0, 0.1) is 3.57 Å². The Balaban J connectivity index is 1.84. The fraction of sp³-hybridized carbons (Fsp3) is 0.321. The van der Waals surface area contributed by atoms with Crippen LogP contribution in [-0.2, 0) is 0 Å². The summed E-state index contributed by atoms with van der Waals surface area (Å²) in [5.41, 5.74) is 4.98. The van der Waals surface area contributed by atoms with Gasteiger partial charge in [0.05, 0.1) is 20.5 Å². The maximum absolute atomic E-state index is 13.5. The maximum atomic E-state index is 13.5. The minimum atomic E-state index is -0.332. The van der Waals surface area contributed by atoms with E-state index in [2.05, 4.69) is 38.2 Å². The number of hydrogen-bond acceptors (Lipinski definition) is 5. The van der Waals surface area contributed by atoms with Crippen molar-refractivity contribution in [1.82, 2.24) is 0 Å². The van der Waals surface area contributed by atoms with E-state index in [-0.39, 0.29) is 50.2 Å². The van der Waals surface area contributed by atoms with Gasteiger partial charge < -0.3 is 25.5 Å². The highest BCUT2D eigenvalue weighted by Gasteiger charge is 2.31. The lowest BCUT2D eigenvalue weighted by Gasteiger charge is -2.23. The highest BCUT2D eigenvalue weighted by atomic mass is 127.